The van der Waals surface area contributed by atoms with E-state index in [4.69, 9.17) is 4.74 Å². The lowest BCUT2D eigenvalue weighted by atomic mass is 9.92. The minimum Gasteiger partial charge on any atom is -0.482 e. The van der Waals surface area contributed by atoms with Gasteiger partial charge in [0.2, 0.25) is 0 Å². The summed E-state index contributed by atoms with van der Waals surface area (Å²) in [5, 5.41) is 4.26. The van der Waals surface area contributed by atoms with Crippen molar-refractivity contribution in [2.24, 2.45) is 7.05 Å². The molecule has 9 nitrogen and oxygen atoms in total. The quantitative estimate of drug-likeness (QED) is 0.709. The second-order valence-electron chi connectivity index (χ2n) is 7.38. The van der Waals surface area contributed by atoms with Gasteiger partial charge >= 0.3 is 0 Å². The summed E-state index contributed by atoms with van der Waals surface area (Å²) < 4.78 is 7.21. The first-order chi connectivity index (χ1) is 14.0. The van der Waals surface area contributed by atoms with E-state index in [9.17, 15) is 9.59 Å². The van der Waals surface area contributed by atoms with Crippen LogP contribution in [0, 0.1) is 0 Å². The second-order valence-corrected chi connectivity index (χ2v) is 7.38. The van der Waals surface area contributed by atoms with Crippen LogP contribution in [0.25, 0.3) is 0 Å². The lowest BCUT2D eigenvalue weighted by Crippen LogP contribution is -2.39. The summed E-state index contributed by atoms with van der Waals surface area (Å²) in [5.41, 5.74) is 4.01. The van der Waals surface area contributed by atoms with Crippen LogP contribution in [0.3, 0.4) is 0 Å². The Morgan fingerprint density at radius 2 is 2.17 bits per heavy atom. The Morgan fingerprint density at radius 1 is 1.31 bits per heavy atom. The molecule has 1 aromatic carbocycles. The van der Waals surface area contributed by atoms with Crippen molar-refractivity contribution in [2.45, 2.75) is 12.5 Å². The molecule has 0 aliphatic carbocycles. The molecule has 2 aliphatic rings. The SMILES string of the molecule is CN1C(=O)COc2ccc(C(=O)N3Cc4[nH]cnc4C(c4cnn(C)c4)C3)cc21. The molecule has 1 unspecified atom stereocenters. The highest BCUT2D eigenvalue weighted by Gasteiger charge is 2.33. The van der Waals surface area contributed by atoms with E-state index in [0.29, 0.717) is 30.1 Å². The van der Waals surface area contributed by atoms with Crippen molar-refractivity contribution in [3.8, 4) is 5.75 Å². The van der Waals surface area contributed by atoms with Gasteiger partial charge in [0, 0.05) is 43.9 Å². The first kappa shape index (κ1) is 17.5. The zero-order valence-electron chi connectivity index (χ0n) is 16.1. The zero-order chi connectivity index (χ0) is 20.1. The normalized spacial score (nSPS) is 18.3. The number of benzene rings is 1. The number of carbonyl (C=O) groups is 2. The fourth-order valence-electron chi connectivity index (χ4n) is 3.95. The van der Waals surface area contributed by atoms with Gasteiger partial charge in [0.05, 0.1) is 36.1 Å². The van der Waals surface area contributed by atoms with Gasteiger partial charge < -0.3 is 19.5 Å². The van der Waals surface area contributed by atoms with E-state index in [1.807, 2.05) is 19.4 Å². The van der Waals surface area contributed by atoms with Gasteiger partial charge in [-0.1, -0.05) is 0 Å². The Balaban J connectivity index is 1.47. The molecule has 29 heavy (non-hydrogen) atoms. The predicted octanol–water partition coefficient (Wildman–Crippen LogP) is 1.29. The monoisotopic (exact) mass is 392 g/mol. The Kier molecular flexibility index (Phi) is 3.90. The van der Waals surface area contributed by atoms with Gasteiger partial charge in [0.15, 0.2) is 6.61 Å². The first-order valence-corrected chi connectivity index (χ1v) is 9.34. The topological polar surface area (TPSA) is 96.3 Å². The van der Waals surface area contributed by atoms with Crippen LogP contribution in [0.2, 0.25) is 0 Å². The average molecular weight is 392 g/mol. The fraction of sp³-hybridized carbons (Fsp3) is 0.300. The molecule has 0 fully saturated rings. The van der Waals surface area contributed by atoms with Crippen molar-refractivity contribution in [2.75, 3.05) is 25.1 Å². The Morgan fingerprint density at radius 3 is 2.97 bits per heavy atom. The number of hydrogen-bond donors (Lipinski definition) is 1. The van der Waals surface area contributed by atoms with Crippen molar-refractivity contribution in [1.29, 1.82) is 0 Å². The number of nitrogens with one attached hydrogen (secondary N) is 1. The first-order valence-electron chi connectivity index (χ1n) is 9.34. The summed E-state index contributed by atoms with van der Waals surface area (Å²) in [6.07, 6.45) is 5.43. The third-order valence-corrected chi connectivity index (χ3v) is 5.54. The highest BCUT2D eigenvalue weighted by molar-refractivity contribution is 6.01. The number of rotatable bonds is 2. The van der Waals surface area contributed by atoms with E-state index >= 15 is 0 Å². The lowest BCUT2D eigenvalue weighted by molar-refractivity contribution is -0.120. The standard InChI is InChI=1S/C20H20N6O3/c1-24-7-13(6-23-24)14-8-26(9-15-19(14)22-11-21-15)20(28)12-3-4-17-16(5-12)25(2)18(27)10-29-17/h3-7,11,14H,8-10H2,1-2H3,(H,21,22). The lowest BCUT2D eigenvalue weighted by Gasteiger charge is -2.32. The minimum atomic E-state index is -0.140. The average Bonchev–Trinajstić information content (AvgIpc) is 3.38. The van der Waals surface area contributed by atoms with Crippen molar-refractivity contribution in [3.05, 3.63) is 59.4 Å². The van der Waals surface area contributed by atoms with Gasteiger partial charge in [0.1, 0.15) is 5.75 Å². The number of aryl methyl sites for hydroxylation is 1. The molecule has 2 aliphatic heterocycles. The third kappa shape index (κ3) is 2.86. The highest BCUT2D eigenvalue weighted by Crippen LogP contribution is 2.35. The van der Waals surface area contributed by atoms with E-state index < -0.39 is 0 Å². The molecule has 0 saturated heterocycles. The smallest absolute Gasteiger partial charge is 0.264 e. The second kappa shape index (κ2) is 6.47. The molecule has 0 spiro atoms. The number of nitrogens with zero attached hydrogens (tertiary/aromatic N) is 5. The van der Waals surface area contributed by atoms with Gasteiger partial charge in [-0.25, -0.2) is 4.98 Å². The molecule has 2 aromatic heterocycles. The van der Waals surface area contributed by atoms with Crippen LogP contribution in [-0.4, -0.2) is 56.7 Å². The van der Waals surface area contributed by atoms with Crippen molar-refractivity contribution in [3.63, 3.8) is 0 Å². The van der Waals surface area contributed by atoms with Crippen molar-refractivity contribution in [1.82, 2.24) is 24.6 Å². The van der Waals surface area contributed by atoms with Gasteiger partial charge in [-0.3, -0.25) is 14.3 Å². The molecule has 3 aromatic rings. The maximum Gasteiger partial charge on any atom is 0.264 e. The van der Waals surface area contributed by atoms with E-state index in [1.165, 1.54) is 4.90 Å². The number of H-pyrrole nitrogens is 1. The number of aromatic nitrogens is 4. The van der Waals surface area contributed by atoms with Gasteiger partial charge in [-0.05, 0) is 18.2 Å². The molecule has 9 heteroatoms. The van der Waals surface area contributed by atoms with E-state index in [-0.39, 0.29) is 24.3 Å². The highest BCUT2D eigenvalue weighted by atomic mass is 16.5. The number of ether oxygens (including phenoxy) is 1. The summed E-state index contributed by atoms with van der Waals surface area (Å²) in [4.78, 5) is 36.2. The fourth-order valence-corrected chi connectivity index (χ4v) is 3.95. The summed E-state index contributed by atoms with van der Waals surface area (Å²) in [7, 11) is 3.56. The molecule has 2 amide bonds. The van der Waals surface area contributed by atoms with Crippen LogP contribution in [-0.2, 0) is 18.4 Å². The van der Waals surface area contributed by atoms with Crippen LogP contribution in [0.4, 0.5) is 5.69 Å². The van der Waals surface area contributed by atoms with Crippen LogP contribution in [0.1, 0.15) is 33.2 Å². The minimum absolute atomic E-state index is 0.0122. The largest absolute Gasteiger partial charge is 0.482 e. The molecular weight excluding hydrogens is 372 g/mol. The predicted molar refractivity (Wildman–Crippen MR) is 104 cm³/mol. The van der Waals surface area contributed by atoms with E-state index in [1.54, 1.807) is 41.2 Å². The number of anilines is 1. The summed E-state index contributed by atoms with van der Waals surface area (Å²) >= 11 is 0. The molecule has 0 saturated carbocycles. The molecule has 1 N–H and O–H groups in total. The van der Waals surface area contributed by atoms with Gasteiger partial charge in [-0.15, -0.1) is 0 Å². The van der Waals surface area contributed by atoms with Crippen LogP contribution < -0.4 is 9.64 Å². The summed E-state index contributed by atoms with van der Waals surface area (Å²) in [5.74, 6) is 0.312. The number of likely N-dealkylation sites (N-methyl/N-ethyl adjacent to an activating group) is 1. The number of hydrogen-bond acceptors (Lipinski definition) is 5. The van der Waals surface area contributed by atoms with E-state index in [0.717, 1.165) is 17.0 Å². The zero-order valence-corrected chi connectivity index (χ0v) is 16.1. The van der Waals surface area contributed by atoms with Crippen molar-refractivity contribution >= 4 is 17.5 Å². The Labute approximate surface area is 166 Å². The van der Waals surface area contributed by atoms with Crippen LogP contribution in [0.5, 0.6) is 5.75 Å². The molecule has 1 atom stereocenters. The van der Waals surface area contributed by atoms with Crippen molar-refractivity contribution < 1.29 is 14.3 Å². The Bertz CT molecular complexity index is 1120. The molecule has 0 bridgehead atoms. The van der Waals surface area contributed by atoms with Crippen LogP contribution in [0.15, 0.2) is 36.9 Å². The number of imidazole rings is 1. The maximum atomic E-state index is 13.3. The Hall–Kier alpha value is -3.62. The number of amides is 2. The number of fused-ring (bicyclic) bond motifs is 2. The van der Waals surface area contributed by atoms with E-state index in [2.05, 4.69) is 15.1 Å². The number of aromatic amines is 1. The van der Waals surface area contributed by atoms with Gasteiger partial charge in [0.25, 0.3) is 11.8 Å². The molecule has 5 rings (SSSR count). The molecule has 148 valence electrons. The summed E-state index contributed by atoms with van der Waals surface area (Å²) in [6.45, 7) is 0.969. The molecular formula is C20H20N6O3. The van der Waals surface area contributed by atoms with Crippen LogP contribution >= 0.6 is 0 Å². The maximum absolute atomic E-state index is 13.3. The molecule has 4 heterocycles. The van der Waals surface area contributed by atoms with Gasteiger partial charge in [-0.2, -0.15) is 5.10 Å². The number of carbonyl (C=O) groups excluding carboxylic acids is 2. The molecule has 0 radical (unpaired) electrons. The summed E-state index contributed by atoms with van der Waals surface area (Å²) in [6, 6.07) is 5.21. The third-order valence-electron chi connectivity index (χ3n) is 5.54.